The molecule has 6 nitrogen and oxygen atoms in total. The quantitative estimate of drug-likeness (QED) is 0.149. The Kier molecular flexibility index (Phi) is 8.21. The van der Waals surface area contributed by atoms with Crippen LogP contribution in [-0.2, 0) is 28.0 Å². The van der Waals surface area contributed by atoms with Crippen LogP contribution in [0.4, 0.5) is 26.3 Å². The molecular formula is C26H18F6O6S2Si. The molecule has 0 saturated heterocycles. The van der Waals surface area contributed by atoms with Gasteiger partial charge in [0, 0.05) is 10.4 Å². The van der Waals surface area contributed by atoms with E-state index in [9.17, 15) is 43.2 Å². The smallest absolute Gasteiger partial charge is 0.267 e. The lowest BCUT2D eigenvalue weighted by Gasteiger charge is -2.33. The van der Waals surface area contributed by atoms with E-state index in [1.807, 2.05) is 0 Å². The van der Waals surface area contributed by atoms with Crippen molar-refractivity contribution in [3.05, 3.63) is 109 Å². The van der Waals surface area contributed by atoms with Crippen molar-refractivity contribution >= 4 is 39.2 Å². The molecule has 0 N–H and O–H groups in total. The highest BCUT2D eigenvalue weighted by atomic mass is 32.2. The third-order valence-corrected chi connectivity index (χ3v) is 12.8. The molecule has 4 rings (SSSR count). The summed E-state index contributed by atoms with van der Waals surface area (Å²) in [7, 11) is -19.6. The second-order valence-corrected chi connectivity index (χ2v) is 14.8. The van der Waals surface area contributed by atoms with Crippen LogP contribution in [0.25, 0.3) is 22.3 Å². The van der Waals surface area contributed by atoms with Crippen molar-refractivity contribution in [1.29, 1.82) is 0 Å². The maximum Gasteiger partial charge on any atom is 0.522 e. The van der Waals surface area contributed by atoms with Crippen molar-refractivity contribution < 1.29 is 50.9 Å². The van der Waals surface area contributed by atoms with E-state index in [-0.39, 0.29) is 22.3 Å². The zero-order valence-electron chi connectivity index (χ0n) is 20.4. The average molecular weight is 633 g/mol. The SMILES string of the molecule is O=S(=O)(O[Si](OS(=O)(=O)C(F)(F)F)(c1ccccc1-c1ccccc1)c1ccccc1-c1ccccc1)C(F)(F)F. The highest BCUT2D eigenvalue weighted by molar-refractivity contribution is 7.90. The van der Waals surface area contributed by atoms with E-state index in [1.165, 1.54) is 84.9 Å². The van der Waals surface area contributed by atoms with Crippen LogP contribution in [0.5, 0.6) is 0 Å². The molecule has 216 valence electrons. The first-order valence-corrected chi connectivity index (χ1v) is 16.1. The standard InChI is InChI=1S/C26H18F6O6S2Si/c27-25(28,29)39(33,34)37-41(38-40(35,36)26(30,31)32,23-17-9-7-15-21(23)19-11-3-1-4-12-19)24-18-10-8-16-22(24)20-13-5-2-6-14-20/h1-18H. The largest absolute Gasteiger partial charge is 0.522 e. The summed E-state index contributed by atoms with van der Waals surface area (Å²) in [4.78, 5) is 0. The normalized spacial score (nSPS) is 13.2. The van der Waals surface area contributed by atoms with E-state index in [4.69, 9.17) is 7.74 Å². The molecule has 0 unspecified atom stereocenters. The third kappa shape index (κ3) is 6.08. The van der Waals surface area contributed by atoms with Gasteiger partial charge in [-0.2, -0.15) is 43.2 Å². The van der Waals surface area contributed by atoms with Crippen molar-refractivity contribution in [1.82, 2.24) is 0 Å². The summed E-state index contributed by atoms with van der Waals surface area (Å²) in [6.45, 7) is 0. The molecule has 0 saturated carbocycles. The van der Waals surface area contributed by atoms with E-state index in [0.717, 1.165) is 12.1 Å². The highest BCUT2D eigenvalue weighted by Gasteiger charge is 2.62. The Balaban J connectivity index is 2.22. The lowest BCUT2D eigenvalue weighted by atomic mass is 10.1. The Hall–Kier alpha value is -3.50. The van der Waals surface area contributed by atoms with E-state index >= 15 is 0 Å². The predicted octanol–water partition coefficient (Wildman–Crippen LogP) is 5.31. The van der Waals surface area contributed by atoms with Gasteiger partial charge >= 0.3 is 39.8 Å². The fraction of sp³-hybridized carbons (Fsp3) is 0.0769. The Morgan fingerprint density at radius 2 is 0.756 bits per heavy atom. The van der Waals surface area contributed by atoms with Crippen LogP contribution in [0.2, 0.25) is 0 Å². The molecule has 0 amide bonds. The van der Waals surface area contributed by atoms with Crippen LogP contribution in [0, 0.1) is 0 Å². The van der Waals surface area contributed by atoms with Gasteiger partial charge in [0.15, 0.2) is 0 Å². The molecule has 0 heterocycles. The molecule has 0 atom stereocenters. The van der Waals surface area contributed by atoms with E-state index in [2.05, 4.69) is 0 Å². The second-order valence-electron chi connectivity index (χ2n) is 8.41. The first-order valence-electron chi connectivity index (χ1n) is 11.4. The van der Waals surface area contributed by atoms with Crippen LogP contribution in [0.1, 0.15) is 0 Å². The summed E-state index contributed by atoms with van der Waals surface area (Å²) >= 11 is 0. The van der Waals surface area contributed by atoms with Gasteiger partial charge in [-0.15, -0.1) is 0 Å². The summed E-state index contributed by atoms with van der Waals surface area (Å²) in [5.41, 5.74) is -12.1. The van der Waals surface area contributed by atoms with Crippen LogP contribution in [0.3, 0.4) is 0 Å². The molecular weight excluding hydrogens is 614 g/mol. The molecule has 0 fully saturated rings. The zero-order valence-corrected chi connectivity index (χ0v) is 23.1. The van der Waals surface area contributed by atoms with Crippen molar-refractivity contribution in [3.8, 4) is 22.3 Å². The van der Waals surface area contributed by atoms with Gasteiger partial charge in [-0.1, -0.05) is 109 Å². The summed E-state index contributed by atoms with van der Waals surface area (Å²) in [5, 5.41) is -1.26. The first kappa shape index (κ1) is 30.5. The maximum atomic E-state index is 13.8. The average Bonchev–Trinajstić information content (AvgIpc) is 2.92. The minimum absolute atomic E-state index is 0.114. The summed E-state index contributed by atoms with van der Waals surface area (Å²) in [5.74, 6) is 0. The van der Waals surface area contributed by atoms with Crippen molar-refractivity contribution in [2.24, 2.45) is 0 Å². The summed E-state index contributed by atoms with van der Waals surface area (Å²) in [6, 6.07) is 24.6. The summed E-state index contributed by atoms with van der Waals surface area (Å²) < 4.78 is 142. The Morgan fingerprint density at radius 3 is 1.07 bits per heavy atom. The number of benzene rings is 4. The Bertz CT molecular complexity index is 1610. The molecule has 0 bridgehead atoms. The zero-order chi connectivity index (χ0) is 30.1. The lowest BCUT2D eigenvalue weighted by Crippen LogP contribution is -2.67. The molecule has 0 aliphatic heterocycles. The van der Waals surface area contributed by atoms with Gasteiger partial charge in [0.25, 0.3) is 0 Å². The van der Waals surface area contributed by atoms with Gasteiger partial charge in [0.1, 0.15) is 0 Å². The molecule has 4 aromatic rings. The molecule has 0 aromatic heterocycles. The number of rotatable bonds is 8. The minimum atomic E-state index is -6.76. The number of halogens is 6. The van der Waals surface area contributed by atoms with Crippen molar-refractivity contribution in [3.63, 3.8) is 0 Å². The van der Waals surface area contributed by atoms with E-state index < -0.39 is 50.2 Å². The molecule has 0 aliphatic rings. The Labute approximate surface area is 232 Å². The van der Waals surface area contributed by atoms with Gasteiger partial charge in [-0.05, 0) is 22.3 Å². The monoisotopic (exact) mass is 632 g/mol. The third-order valence-electron chi connectivity index (χ3n) is 5.75. The van der Waals surface area contributed by atoms with E-state index in [1.54, 1.807) is 12.1 Å². The number of hydrogen-bond donors (Lipinski definition) is 0. The van der Waals surface area contributed by atoms with Crippen LogP contribution >= 0.6 is 0 Å². The molecule has 15 heteroatoms. The van der Waals surface area contributed by atoms with Crippen molar-refractivity contribution in [2.45, 2.75) is 11.0 Å². The minimum Gasteiger partial charge on any atom is -0.267 e. The molecule has 4 aromatic carbocycles. The first-order chi connectivity index (χ1) is 19.1. The fourth-order valence-corrected chi connectivity index (χ4v) is 11.1. The van der Waals surface area contributed by atoms with Gasteiger partial charge in [0.05, 0.1) is 0 Å². The summed E-state index contributed by atoms with van der Waals surface area (Å²) in [6.07, 6.45) is 0. The molecule has 0 spiro atoms. The second kappa shape index (κ2) is 11.1. The topological polar surface area (TPSA) is 86.7 Å². The van der Waals surface area contributed by atoms with Crippen LogP contribution in [0.15, 0.2) is 109 Å². The lowest BCUT2D eigenvalue weighted by molar-refractivity contribution is -0.0527. The number of hydrogen-bond acceptors (Lipinski definition) is 6. The number of alkyl halides is 6. The van der Waals surface area contributed by atoms with Crippen LogP contribution in [-0.4, -0.2) is 36.4 Å². The van der Waals surface area contributed by atoms with Gasteiger partial charge in [-0.3, -0.25) is 7.74 Å². The Morgan fingerprint density at radius 1 is 0.463 bits per heavy atom. The van der Waals surface area contributed by atoms with Crippen LogP contribution < -0.4 is 10.4 Å². The fourth-order valence-electron chi connectivity index (χ4n) is 4.02. The van der Waals surface area contributed by atoms with Crippen molar-refractivity contribution in [2.75, 3.05) is 0 Å². The van der Waals surface area contributed by atoms with Gasteiger partial charge < -0.3 is 0 Å². The highest BCUT2D eigenvalue weighted by Crippen LogP contribution is 2.35. The molecule has 41 heavy (non-hydrogen) atoms. The van der Waals surface area contributed by atoms with Gasteiger partial charge in [0.2, 0.25) is 0 Å². The molecule has 0 aliphatic carbocycles. The maximum absolute atomic E-state index is 13.8. The van der Waals surface area contributed by atoms with E-state index in [0.29, 0.717) is 0 Å². The predicted molar refractivity (Wildman–Crippen MR) is 141 cm³/mol. The molecule has 0 radical (unpaired) electrons. The van der Waals surface area contributed by atoms with Gasteiger partial charge in [-0.25, -0.2) is 0 Å².